The number of ketones is 1. The fourth-order valence-electron chi connectivity index (χ4n) is 2.03. The molecule has 2 rings (SSSR count). The van der Waals surface area contributed by atoms with E-state index >= 15 is 0 Å². The Kier molecular flexibility index (Phi) is 3.49. The summed E-state index contributed by atoms with van der Waals surface area (Å²) in [6, 6.07) is 1.94. The van der Waals surface area contributed by atoms with E-state index in [4.69, 9.17) is 0 Å². The molecule has 0 saturated carbocycles. The van der Waals surface area contributed by atoms with Crippen molar-refractivity contribution >= 4 is 11.6 Å². The Hall–Kier alpha value is -1.45. The number of Topliss-reactive ketones (excluding diaryl/α,β-unsaturated/α-hetero) is 1. The SMILES string of the molecule is CC(=O)Cc1cc(N2CCCCC2)ncn1. The monoisotopic (exact) mass is 219 g/mol. The van der Waals surface area contributed by atoms with Crippen molar-refractivity contribution in [1.29, 1.82) is 0 Å². The molecule has 1 aromatic heterocycles. The van der Waals surface area contributed by atoms with Crippen LogP contribution >= 0.6 is 0 Å². The van der Waals surface area contributed by atoms with Crippen molar-refractivity contribution in [3.05, 3.63) is 18.1 Å². The van der Waals surface area contributed by atoms with Crippen molar-refractivity contribution in [3.8, 4) is 0 Å². The molecule has 0 spiro atoms. The zero-order valence-corrected chi connectivity index (χ0v) is 9.65. The first kappa shape index (κ1) is 11.0. The molecule has 2 heterocycles. The van der Waals surface area contributed by atoms with Gasteiger partial charge in [-0.1, -0.05) is 0 Å². The normalized spacial score (nSPS) is 16.2. The van der Waals surface area contributed by atoms with Crippen LogP contribution < -0.4 is 4.90 Å². The zero-order valence-electron chi connectivity index (χ0n) is 9.65. The maximum absolute atomic E-state index is 11.0. The van der Waals surface area contributed by atoms with E-state index in [0.29, 0.717) is 6.42 Å². The number of nitrogens with zero attached hydrogens (tertiary/aromatic N) is 3. The second kappa shape index (κ2) is 5.05. The lowest BCUT2D eigenvalue weighted by Gasteiger charge is -2.27. The number of anilines is 1. The molecule has 0 radical (unpaired) electrons. The van der Waals surface area contributed by atoms with Gasteiger partial charge in [-0.3, -0.25) is 4.79 Å². The minimum absolute atomic E-state index is 0.142. The quantitative estimate of drug-likeness (QED) is 0.774. The molecule has 0 unspecified atom stereocenters. The number of rotatable bonds is 3. The number of aromatic nitrogens is 2. The van der Waals surface area contributed by atoms with E-state index in [2.05, 4.69) is 14.9 Å². The molecule has 1 saturated heterocycles. The third kappa shape index (κ3) is 2.78. The Morgan fingerprint density at radius 1 is 1.31 bits per heavy atom. The fraction of sp³-hybridized carbons (Fsp3) is 0.583. The van der Waals surface area contributed by atoms with Crippen LogP contribution in [0.5, 0.6) is 0 Å². The van der Waals surface area contributed by atoms with Gasteiger partial charge >= 0.3 is 0 Å². The van der Waals surface area contributed by atoms with Crippen LogP contribution in [0.4, 0.5) is 5.82 Å². The van der Waals surface area contributed by atoms with Crippen molar-refractivity contribution in [2.45, 2.75) is 32.6 Å². The maximum Gasteiger partial charge on any atom is 0.135 e. The number of carbonyl (C=O) groups is 1. The number of carbonyl (C=O) groups excluding carboxylic acids is 1. The molecule has 1 aliphatic rings. The summed E-state index contributed by atoms with van der Waals surface area (Å²) in [4.78, 5) is 21.7. The van der Waals surface area contributed by atoms with E-state index in [0.717, 1.165) is 24.6 Å². The fourth-order valence-corrected chi connectivity index (χ4v) is 2.03. The molecule has 86 valence electrons. The average molecular weight is 219 g/mol. The summed E-state index contributed by atoms with van der Waals surface area (Å²) < 4.78 is 0. The van der Waals surface area contributed by atoms with Gasteiger partial charge in [0.1, 0.15) is 17.9 Å². The standard InChI is InChI=1S/C12H17N3O/c1-10(16)7-11-8-12(14-9-13-11)15-5-3-2-4-6-15/h8-9H,2-7H2,1H3. The van der Waals surface area contributed by atoms with Crippen LogP contribution in [0, 0.1) is 0 Å². The topological polar surface area (TPSA) is 46.1 Å². The second-order valence-electron chi connectivity index (χ2n) is 4.29. The van der Waals surface area contributed by atoms with E-state index in [9.17, 15) is 4.79 Å². The molecule has 0 N–H and O–H groups in total. The molecular weight excluding hydrogens is 202 g/mol. The lowest BCUT2D eigenvalue weighted by molar-refractivity contribution is -0.116. The molecule has 0 atom stereocenters. The van der Waals surface area contributed by atoms with Crippen LogP contribution in [-0.4, -0.2) is 28.8 Å². The molecule has 4 heteroatoms. The summed E-state index contributed by atoms with van der Waals surface area (Å²) in [6.07, 6.45) is 5.73. The maximum atomic E-state index is 11.0. The van der Waals surface area contributed by atoms with E-state index in [1.54, 1.807) is 13.3 Å². The molecule has 0 aliphatic carbocycles. The van der Waals surface area contributed by atoms with Gasteiger partial charge in [0.2, 0.25) is 0 Å². The van der Waals surface area contributed by atoms with Crippen LogP contribution in [0.3, 0.4) is 0 Å². The lowest BCUT2D eigenvalue weighted by Crippen LogP contribution is -2.30. The average Bonchev–Trinajstić information content (AvgIpc) is 2.30. The van der Waals surface area contributed by atoms with Gasteiger partial charge in [-0.25, -0.2) is 9.97 Å². The first-order chi connectivity index (χ1) is 7.75. The van der Waals surface area contributed by atoms with Crippen molar-refractivity contribution < 1.29 is 4.79 Å². The largest absolute Gasteiger partial charge is 0.357 e. The first-order valence-corrected chi connectivity index (χ1v) is 5.81. The molecule has 0 aromatic carbocycles. The molecule has 0 amide bonds. The zero-order chi connectivity index (χ0) is 11.4. The molecule has 1 aliphatic heterocycles. The third-order valence-corrected chi connectivity index (χ3v) is 2.82. The first-order valence-electron chi connectivity index (χ1n) is 5.81. The lowest BCUT2D eigenvalue weighted by atomic mass is 10.1. The van der Waals surface area contributed by atoms with E-state index in [1.165, 1.54) is 19.3 Å². The van der Waals surface area contributed by atoms with Crippen LogP contribution in [0.25, 0.3) is 0 Å². The van der Waals surface area contributed by atoms with E-state index < -0.39 is 0 Å². The summed E-state index contributed by atoms with van der Waals surface area (Å²) >= 11 is 0. The predicted molar refractivity (Wildman–Crippen MR) is 62.5 cm³/mol. The number of hydrogen-bond acceptors (Lipinski definition) is 4. The highest BCUT2D eigenvalue weighted by Gasteiger charge is 2.12. The second-order valence-corrected chi connectivity index (χ2v) is 4.29. The predicted octanol–water partition coefficient (Wildman–Crippen LogP) is 1.60. The Morgan fingerprint density at radius 2 is 2.06 bits per heavy atom. The van der Waals surface area contributed by atoms with Gasteiger partial charge in [-0.05, 0) is 26.2 Å². The minimum atomic E-state index is 0.142. The van der Waals surface area contributed by atoms with Crippen LogP contribution in [0.1, 0.15) is 31.9 Å². The van der Waals surface area contributed by atoms with Gasteiger partial charge in [0.15, 0.2) is 0 Å². The Balaban J connectivity index is 2.11. The third-order valence-electron chi connectivity index (χ3n) is 2.82. The summed E-state index contributed by atoms with van der Waals surface area (Å²) in [6.45, 7) is 3.72. The Labute approximate surface area is 95.7 Å². The highest BCUT2D eigenvalue weighted by atomic mass is 16.1. The van der Waals surface area contributed by atoms with Gasteiger partial charge in [-0.15, -0.1) is 0 Å². The van der Waals surface area contributed by atoms with Crippen molar-refractivity contribution in [2.75, 3.05) is 18.0 Å². The van der Waals surface area contributed by atoms with E-state index in [1.807, 2.05) is 6.07 Å². The smallest absolute Gasteiger partial charge is 0.135 e. The molecular formula is C12H17N3O. The number of hydrogen-bond donors (Lipinski definition) is 0. The highest BCUT2D eigenvalue weighted by Crippen LogP contribution is 2.17. The Bertz CT molecular complexity index is 372. The van der Waals surface area contributed by atoms with Crippen LogP contribution in [0.15, 0.2) is 12.4 Å². The molecule has 1 aromatic rings. The summed E-state index contributed by atoms with van der Waals surface area (Å²) in [5, 5.41) is 0. The number of piperidine rings is 1. The summed E-state index contributed by atoms with van der Waals surface area (Å²) in [5.74, 6) is 1.11. The van der Waals surface area contributed by atoms with Gasteiger partial charge in [-0.2, -0.15) is 0 Å². The van der Waals surface area contributed by atoms with Crippen LogP contribution in [0.2, 0.25) is 0 Å². The summed E-state index contributed by atoms with van der Waals surface area (Å²) in [5.41, 5.74) is 0.822. The van der Waals surface area contributed by atoms with Crippen molar-refractivity contribution in [1.82, 2.24) is 9.97 Å². The summed E-state index contributed by atoms with van der Waals surface area (Å²) in [7, 11) is 0. The molecule has 16 heavy (non-hydrogen) atoms. The van der Waals surface area contributed by atoms with Gasteiger partial charge in [0.05, 0.1) is 5.69 Å². The molecule has 0 bridgehead atoms. The van der Waals surface area contributed by atoms with Crippen molar-refractivity contribution in [3.63, 3.8) is 0 Å². The minimum Gasteiger partial charge on any atom is -0.357 e. The van der Waals surface area contributed by atoms with Gasteiger partial charge in [0.25, 0.3) is 0 Å². The van der Waals surface area contributed by atoms with E-state index in [-0.39, 0.29) is 5.78 Å². The van der Waals surface area contributed by atoms with Crippen molar-refractivity contribution in [2.24, 2.45) is 0 Å². The molecule has 1 fully saturated rings. The Morgan fingerprint density at radius 3 is 2.75 bits per heavy atom. The van der Waals surface area contributed by atoms with Gasteiger partial charge in [0, 0.05) is 25.6 Å². The van der Waals surface area contributed by atoms with Gasteiger partial charge < -0.3 is 4.90 Å². The van der Waals surface area contributed by atoms with Crippen LogP contribution in [-0.2, 0) is 11.2 Å². The molecule has 4 nitrogen and oxygen atoms in total. The highest BCUT2D eigenvalue weighted by molar-refractivity contribution is 5.77.